The van der Waals surface area contributed by atoms with Crippen LogP contribution in [0.4, 0.5) is 10.1 Å². The third kappa shape index (κ3) is 3.66. The molecule has 0 radical (unpaired) electrons. The molecule has 1 aromatic heterocycles. The van der Waals surface area contributed by atoms with Crippen LogP contribution >= 0.6 is 11.6 Å². The summed E-state index contributed by atoms with van der Waals surface area (Å²) in [5.74, 6) is -0.162. The number of hydrogen-bond acceptors (Lipinski definition) is 3. The Bertz CT molecular complexity index is 619. The van der Waals surface area contributed by atoms with Gasteiger partial charge in [-0.1, -0.05) is 17.7 Å². The van der Waals surface area contributed by atoms with Crippen molar-refractivity contribution < 1.29 is 13.9 Å². The van der Waals surface area contributed by atoms with Crippen LogP contribution in [0.25, 0.3) is 0 Å². The van der Waals surface area contributed by atoms with Crippen LogP contribution in [0.1, 0.15) is 6.92 Å². The van der Waals surface area contributed by atoms with E-state index < -0.39 is 5.82 Å². The Balaban J connectivity index is 2.18. The zero-order chi connectivity index (χ0) is 13.8. The Labute approximate surface area is 114 Å². The second kappa shape index (κ2) is 5.67. The highest BCUT2D eigenvalue weighted by Crippen LogP contribution is 2.25. The predicted octanol–water partition coefficient (Wildman–Crippen LogP) is 3.62. The third-order valence-corrected chi connectivity index (χ3v) is 2.44. The summed E-state index contributed by atoms with van der Waals surface area (Å²) in [5.41, 5.74) is 0.590. The van der Waals surface area contributed by atoms with E-state index in [0.29, 0.717) is 11.4 Å². The molecule has 0 aliphatic rings. The smallest absolute Gasteiger partial charge is 0.221 e. The van der Waals surface area contributed by atoms with Crippen molar-refractivity contribution in [2.45, 2.75) is 6.92 Å². The van der Waals surface area contributed by atoms with E-state index in [1.807, 2.05) is 0 Å². The van der Waals surface area contributed by atoms with E-state index in [1.165, 1.54) is 13.1 Å². The number of ether oxygens (including phenoxy) is 1. The summed E-state index contributed by atoms with van der Waals surface area (Å²) < 4.78 is 18.6. The van der Waals surface area contributed by atoms with Gasteiger partial charge in [-0.15, -0.1) is 0 Å². The van der Waals surface area contributed by atoms with Gasteiger partial charge in [0.05, 0.1) is 6.20 Å². The van der Waals surface area contributed by atoms with E-state index in [-0.39, 0.29) is 16.8 Å². The third-order valence-electron chi connectivity index (χ3n) is 2.16. The van der Waals surface area contributed by atoms with Crippen LogP contribution in [-0.2, 0) is 4.79 Å². The fourth-order valence-corrected chi connectivity index (χ4v) is 1.54. The maximum atomic E-state index is 13.2. The molecule has 1 N–H and O–H groups in total. The Morgan fingerprint density at radius 3 is 2.84 bits per heavy atom. The molecule has 4 nitrogen and oxygen atoms in total. The quantitative estimate of drug-likeness (QED) is 0.874. The lowest BCUT2D eigenvalue weighted by Crippen LogP contribution is -2.05. The van der Waals surface area contributed by atoms with Crippen molar-refractivity contribution in [1.29, 1.82) is 0 Å². The Morgan fingerprint density at radius 1 is 1.37 bits per heavy atom. The first-order valence-corrected chi connectivity index (χ1v) is 5.79. The van der Waals surface area contributed by atoms with Crippen LogP contribution < -0.4 is 10.1 Å². The maximum Gasteiger partial charge on any atom is 0.221 e. The summed E-state index contributed by atoms with van der Waals surface area (Å²) in [6, 6.07) is 7.86. The van der Waals surface area contributed by atoms with Crippen molar-refractivity contribution in [2.75, 3.05) is 5.32 Å². The molecule has 0 fully saturated rings. The van der Waals surface area contributed by atoms with Crippen LogP contribution in [0, 0.1) is 5.82 Å². The van der Waals surface area contributed by atoms with Gasteiger partial charge >= 0.3 is 0 Å². The lowest BCUT2D eigenvalue weighted by atomic mass is 10.3. The molecule has 1 heterocycles. The van der Waals surface area contributed by atoms with E-state index in [2.05, 4.69) is 10.3 Å². The van der Waals surface area contributed by atoms with Crippen molar-refractivity contribution in [3.8, 4) is 11.5 Å². The van der Waals surface area contributed by atoms with Crippen LogP contribution in [0.15, 0.2) is 36.5 Å². The number of amides is 1. The number of pyridine rings is 1. The second-order valence-corrected chi connectivity index (χ2v) is 4.11. The first kappa shape index (κ1) is 13.3. The summed E-state index contributed by atoms with van der Waals surface area (Å²) in [6.45, 7) is 1.41. The number of rotatable bonds is 3. The van der Waals surface area contributed by atoms with E-state index >= 15 is 0 Å². The van der Waals surface area contributed by atoms with Gasteiger partial charge in [0, 0.05) is 24.7 Å². The van der Waals surface area contributed by atoms with Crippen molar-refractivity contribution in [3.63, 3.8) is 0 Å². The first-order valence-electron chi connectivity index (χ1n) is 5.41. The minimum absolute atomic E-state index is 0.184. The Hall–Kier alpha value is -2.14. The topological polar surface area (TPSA) is 51.2 Å². The molecule has 0 atom stereocenters. The van der Waals surface area contributed by atoms with Gasteiger partial charge in [-0.2, -0.15) is 0 Å². The standard InChI is InChI=1S/C13H10ClFN2O2/c1-8(18)17-9-3-2-4-10(5-9)19-11-6-12(15)13(14)16-7-11/h2-7H,1H3,(H,17,18). The molecule has 2 aromatic rings. The van der Waals surface area contributed by atoms with Crippen LogP contribution in [0.3, 0.4) is 0 Å². The van der Waals surface area contributed by atoms with Crippen LogP contribution in [0.5, 0.6) is 11.5 Å². The lowest BCUT2D eigenvalue weighted by Gasteiger charge is -2.08. The molecule has 1 amide bonds. The summed E-state index contributed by atoms with van der Waals surface area (Å²) in [6.07, 6.45) is 1.32. The number of nitrogens with one attached hydrogen (secondary N) is 1. The summed E-state index contributed by atoms with van der Waals surface area (Å²) in [4.78, 5) is 14.6. The molecule has 0 aliphatic heterocycles. The molecular formula is C13H10ClFN2O2. The molecule has 0 unspecified atom stereocenters. The maximum absolute atomic E-state index is 13.2. The molecule has 0 saturated heterocycles. The highest BCUT2D eigenvalue weighted by molar-refractivity contribution is 6.29. The molecule has 0 spiro atoms. The number of benzene rings is 1. The van der Waals surface area contributed by atoms with Gasteiger partial charge in [0.15, 0.2) is 11.0 Å². The normalized spacial score (nSPS) is 10.1. The fourth-order valence-electron chi connectivity index (χ4n) is 1.44. The molecular weight excluding hydrogens is 271 g/mol. The monoisotopic (exact) mass is 280 g/mol. The predicted molar refractivity (Wildman–Crippen MR) is 70.0 cm³/mol. The minimum Gasteiger partial charge on any atom is -0.456 e. The van der Waals surface area contributed by atoms with Gasteiger partial charge in [0.25, 0.3) is 0 Å². The minimum atomic E-state index is -0.655. The average Bonchev–Trinajstić information content (AvgIpc) is 2.33. The van der Waals surface area contributed by atoms with Gasteiger partial charge < -0.3 is 10.1 Å². The summed E-state index contributed by atoms with van der Waals surface area (Å²) in [7, 11) is 0. The highest BCUT2D eigenvalue weighted by atomic mass is 35.5. The number of anilines is 1. The van der Waals surface area contributed by atoms with Crippen LogP contribution in [0.2, 0.25) is 5.15 Å². The van der Waals surface area contributed by atoms with Crippen LogP contribution in [-0.4, -0.2) is 10.9 Å². The Kier molecular flexibility index (Phi) is 3.97. The fraction of sp³-hybridized carbons (Fsp3) is 0.0769. The number of aromatic nitrogens is 1. The summed E-state index contributed by atoms with van der Waals surface area (Å²) >= 11 is 5.48. The van der Waals surface area contributed by atoms with Gasteiger partial charge in [-0.3, -0.25) is 4.79 Å². The van der Waals surface area contributed by atoms with Gasteiger partial charge in [0.1, 0.15) is 11.5 Å². The van der Waals surface area contributed by atoms with Crippen molar-refractivity contribution in [3.05, 3.63) is 47.5 Å². The molecule has 1 aromatic carbocycles. The van der Waals surface area contributed by atoms with Crippen molar-refractivity contribution in [1.82, 2.24) is 4.98 Å². The Morgan fingerprint density at radius 2 is 2.16 bits per heavy atom. The molecule has 6 heteroatoms. The van der Waals surface area contributed by atoms with E-state index in [1.54, 1.807) is 24.3 Å². The molecule has 0 bridgehead atoms. The zero-order valence-corrected chi connectivity index (χ0v) is 10.7. The van der Waals surface area contributed by atoms with E-state index in [0.717, 1.165) is 6.07 Å². The SMILES string of the molecule is CC(=O)Nc1cccc(Oc2cnc(Cl)c(F)c2)c1. The summed E-state index contributed by atoms with van der Waals surface area (Å²) in [5, 5.41) is 2.41. The van der Waals surface area contributed by atoms with E-state index in [9.17, 15) is 9.18 Å². The lowest BCUT2D eigenvalue weighted by molar-refractivity contribution is -0.114. The number of nitrogens with zero attached hydrogens (tertiary/aromatic N) is 1. The van der Waals surface area contributed by atoms with Gasteiger partial charge in [-0.05, 0) is 12.1 Å². The first-order chi connectivity index (χ1) is 9.04. The molecule has 98 valence electrons. The van der Waals surface area contributed by atoms with E-state index in [4.69, 9.17) is 16.3 Å². The number of halogens is 2. The molecule has 2 rings (SSSR count). The molecule has 19 heavy (non-hydrogen) atoms. The number of carbonyl (C=O) groups excluding carboxylic acids is 1. The highest BCUT2D eigenvalue weighted by Gasteiger charge is 2.05. The number of carbonyl (C=O) groups is 1. The molecule has 0 saturated carbocycles. The van der Waals surface area contributed by atoms with Crippen molar-refractivity contribution in [2.24, 2.45) is 0 Å². The van der Waals surface area contributed by atoms with Gasteiger partial charge in [0.2, 0.25) is 5.91 Å². The average molecular weight is 281 g/mol. The van der Waals surface area contributed by atoms with Gasteiger partial charge in [-0.25, -0.2) is 9.37 Å². The zero-order valence-electron chi connectivity index (χ0n) is 9.98. The second-order valence-electron chi connectivity index (χ2n) is 3.75. The van der Waals surface area contributed by atoms with Crippen molar-refractivity contribution >= 4 is 23.2 Å². The largest absolute Gasteiger partial charge is 0.456 e. The number of hydrogen-bond donors (Lipinski definition) is 1. The molecule has 0 aliphatic carbocycles.